The van der Waals surface area contributed by atoms with E-state index in [1.165, 1.54) is 11.5 Å². The Hall–Kier alpha value is -1.19. The molecular weight excluding hydrogens is 258 g/mol. The predicted molar refractivity (Wildman–Crippen MR) is 77.4 cm³/mol. The van der Waals surface area contributed by atoms with Crippen LogP contribution in [-0.2, 0) is 6.42 Å². The van der Waals surface area contributed by atoms with Gasteiger partial charge in [0.2, 0.25) is 5.13 Å². The number of nitriles is 1. The number of hydrogen-bond donors (Lipinski definition) is 0. The third-order valence-electron chi connectivity index (χ3n) is 3.51. The number of aryl methyl sites for hydroxylation is 1. The van der Waals surface area contributed by atoms with Crippen LogP contribution < -0.4 is 4.90 Å². The molecule has 0 bridgehead atoms. The van der Waals surface area contributed by atoms with Gasteiger partial charge in [0.15, 0.2) is 0 Å². The van der Waals surface area contributed by atoms with Crippen LogP contribution in [0.4, 0.5) is 5.13 Å². The van der Waals surface area contributed by atoms with Crippen molar-refractivity contribution in [3.63, 3.8) is 0 Å². The van der Waals surface area contributed by atoms with Crippen LogP contribution in [0.25, 0.3) is 0 Å². The van der Waals surface area contributed by atoms with Gasteiger partial charge in [-0.1, -0.05) is 20.3 Å². The number of anilines is 1. The van der Waals surface area contributed by atoms with E-state index in [0.717, 1.165) is 56.4 Å². The molecule has 5 nitrogen and oxygen atoms in total. The largest absolute Gasteiger partial charge is 0.344 e. The van der Waals surface area contributed by atoms with E-state index < -0.39 is 0 Å². The zero-order chi connectivity index (χ0) is 13.7. The van der Waals surface area contributed by atoms with Crippen LogP contribution in [0, 0.1) is 11.3 Å². The molecule has 1 aliphatic heterocycles. The summed E-state index contributed by atoms with van der Waals surface area (Å²) in [4.78, 5) is 9.11. The Bertz CT molecular complexity index is 430. The van der Waals surface area contributed by atoms with E-state index in [1.54, 1.807) is 0 Å². The highest BCUT2D eigenvalue weighted by molar-refractivity contribution is 7.09. The molecule has 0 spiro atoms. The van der Waals surface area contributed by atoms with E-state index in [9.17, 15) is 5.26 Å². The molecule has 104 valence electrons. The smallest absolute Gasteiger partial charge is 0.205 e. The maximum Gasteiger partial charge on any atom is 0.205 e. The molecule has 6 heteroatoms. The SMILES string of the molecule is CCCC(C#N)N1CCN(c2nc(CC)ns2)CC1. The summed E-state index contributed by atoms with van der Waals surface area (Å²) in [5.41, 5.74) is 0. The molecule has 2 rings (SSSR count). The monoisotopic (exact) mass is 279 g/mol. The maximum absolute atomic E-state index is 9.20. The molecule has 0 aliphatic carbocycles. The van der Waals surface area contributed by atoms with Gasteiger partial charge in [-0.15, -0.1) is 0 Å². The fourth-order valence-electron chi connectivity index (χ4n) is 2.34. The minimum Gasteiger partial charge on any atom is -0.344 e. The maximum atomic E-state index is 9.20. The fraction of sp³-hybridized carbons (Fsp3) is 0.769. The minimum atomic E-state index is 0.0766. The van der Waals surface area contributed by atoms with Crippen molar-refractivity contribution in [3.8, 4) is 6.07 Å². The Morgan fingerprint density at radius 1 is 1.32 bits per heavy atom. The van der Waals surface area contributed by atoms with Crippen molar-refractivity contribution in [2.24, 2.45) is 0 Å². The van der Waals surface area contributed by atoms with Crippen molar-refractivity contribution in [3.05, 3.63) is 5.82 Å². The Kier molecular flexibility index (Phi) is 5.11. The summed E-state index contributed by atoms with van der Waals surface area (Å²) in [6.45, 7) is 7.99. The molecule has 1 atom stereocenters. The first-order valence-electron chi connectivity index (χ1n) is 6.99. The van der Waals surface area contributed by atoms with Gasteiger partial charge in [0.25, 0.3) is 0 Å². The van der Waals surface area contributed by atoms with Crippen molar-refractivity contribution in [1.82, 2.24) is 14.3 Å². The zero-order valence-corrected chi connectivity index (χ0v) is 12.5. The van der Waals surface area contributed by atoms with Gasteiger partial charge in [-0.3, -0.25) is 4.90 Å². The summed E-state index contributed by atoms with van der Waals surface area (Å²) in [7, 11) is 0. The molecule has 1 aromatic heterocycles. The summed E-state index contributed by atoms with van der Waals surface area (Å²) in [5, 5.41) is 10.2. The number of piperazine rings is 1. The van der Waals surface area contributed by atoms with Crippen LogP contribution in [-0.4, -0.2) is 46.5 Å². The third kappa shape index (κ3) is 3.43. The van der Waals surface area contributed by atoms with Gasteiger partial charge in [0.05, 0.1) is 12.1 Å². The number of rotatable bonds is 5. The summed E-state index contributed by atoms with van der Waals surface area (Å²) >= 11 is 1.49. The molecule has 0 amide bonds. The second-order valence-electron chi connectivity index (χ2n) is 4.80. The van der Waals surface area contributed by atoms with Crippen LogP contribution in [0.1, 0.15) is 32.5 Å². The quantitative estimate of drug-likeness (QED) is 0.824. The molecule has 1 saturated heterocycles. The van der Waals surface area contributed by atoms with E-state index in [-0.39, 0.29) is 6.04 Å². The Balaban J connectivity index is 1.90. The molecule has 1 fully saturated rings. The van der Waals surface area contributed by atoms with Crippen LogP contribution >= 0.6 is 11.5 Å². The first-order chi connectivity index (χ1) is 9.28. The Morgan fingerprint density at radius 2 is 2.05 bits per heavy atom. The number of nitrogens with zero attached hydrogens (tertiary/aromatic N) is 5. The molecule has 0 aromatic carbocycles. The highest BCUT2D eigenvalue weighted by atomic mass is 32.1. The fourth-order valence-corrected chi connectivity index (χ4v) is 3.15. The van der Waals surface area contributed by atoms with E-state index in [0.29, 0.717) is 0 Å². The lowest BCUT2D eigenvalue weighted by Crippen LogP contribution is -2.50. The Labute approximate surface area is 119 Å². The standard InChI is InChI=1S/C13H21N5S/c1-3-5-11(10-14)17-6-8-18(9-7-17)13-15-12(4-2)16-19-13/h11H,3-9H2,1-2H3. The lowest BCUT2D eigenvalue weighted by Gasteiger charge is -2.36. The van der Waals surface area contributed by atoms with Crippen LogP contribution in [0.15, 0.2) is 0 Å². The van der Waals surface area contributed by atoms with Crippen LogP contribution in [0.2, 0.25) is 0 Å². The first-order valence-corrected chi connectivity index (χ1v) is 7.77. The molecule has 1 unspecified atom stereocenters. The second kappa shape index (κ2) is 6.83. The van der Waals surface area contributed by atoms with Gasteiger partial charge >= 0.3 is 0 Å². The minimum absolute atomic E-state index is 0.0766. The number of hydrogen-bond acceptors (Lipinski definition) is 6. The predicted octanol–water partition coefficient (Wildman–Crippen LogP) is 1.91. The first kappa shape index (κ1) is 14.2. The van der Waals surface area contributed by atoms with Gasteiger partial charge in [-0.05, 0) is 6.42 Å². The lowest BCUT2D eigenvalue weighted by atomic mass is 10.1. The van der Waals surface area contributed by atoms with Crippen LogP contribution in [0.5, 0.6) is 0 Å². The molecule has 0 N–H and O–H groups in total. The molecule has 0 saturated carbocycles. The van der Waals surface area contributed by atoms with E-state index in [4.69, 9.17) is 0 Å². The summed E-state index contributed by atoms with van der Waals surface area (Å²) in [6, 6.07) is 2.50. The van der Waals surface area contributed by atoms with Crippen molar-refractivity contribution in [2.45, 2.75) is 39.2 Å². The zero-order valence-electron chi connectivity index (χ0n) is 11.7. The summed E-state index contributed by atoms with van der Waals surface area (Å²) in [6.07, 6.45) is 2.92. The van der Waals surface area contributed by atoms with Crippen molar-refractivity contribution < 1.29 is 0 Å². The highest BCUT2D eigenvalue weighted by Crippen LogP contribution is 2.20. The lowest BCUT2D eigenvalue weighted by molar-refractivity contribution is 0.211. The second-order valence-corrected chi connectivity index (χ2v) is 5.53. The molecule has 1 aliphatic rings. The topological polar surface area (TPSA) is 56.1 Å². The average Bonchev–Trinajstić information content (AvgIpc) is 2.94. The molecule has 2 heterocycles. The van der Waals surface area contributed by atoms with Crippen molar-refractivity contribution in [1.29, 1.82) is 5.26 Å². The van der Waals surface area contributed by atoms with Crippen molar-refractivity contribution in [2.75, 3.05) is 31.1 Å². The molecular formula is C13H21N5S. The van der Waals surface area contributed by atoms with E-state index in [2.05, 4.69) is 39.1 Å². The molecule has 19 heavy (non-hydrogen) atoms. The molecule has 0 radical (unpaired) electrons. The van der Waals surface area contributed by atoms with Gasteiger partial charge in [0.1, 0.15) is 5.82 Å². The molecule has 1 aromatic rings. The third-order valence-corrected chi connectivity index (χ3v) is 4.33. The van der Waals surface area contributed by atoms with Gasteiger partial charge in [0, 0.05) is 44.1 Å². The van der Waals surface area contributed by atoms with Crippen molar-refractivity contribution >= 4 is 16.7 Å². The van der Waals surface area contributed by atoms with Crippen LogP contribution in [0.3, 0.4) is 0 Å². The van der Waals surface area contributed by atoms with E-state index >= 15 is 0 Å². The van der Waals surface area contributed by atoms with Gasteiger partial charge < -0.3 is 4.90 Å². The summed E-state index contributed by atoms with van der Waals surface area (Å²) < 4.78 is 4.33. The number of aromatic nitrogens is 2. The highest BCUT2D eigenvalue weighted by Gasteiger charge is 2.24. The average molecular weight is 279 g/mol. The van der Waals surface area contributed by atoms with Gasteiger partial charge in [-0.25, -0.2) is 4.98 Å². The van der Waals surface area contributed by atoms with Gasteiger partial charge in [-0.2, -0.15) is 9.64 Å². The normalized spacial score (nSPS) is 18.3. The Morgan fingerprint density at radius 3 is 2.58 bits per heavy atom. The van der Waals surface area contributed by atoms with E-state index in [1.807, 2.05) is 0 Å². The summed E-state index contributed by atoms with van der Waals surface area (Å²) in [5.74, 6) is 0.934.